The van der Waals surface area contributed by atoms with E-state index in [1.807, 2.05) is 0 Å². The average molecular weight is 733 g/mol. The molecule has 0 N–H and O–H groups in total. The number of benzene rings is 9. The van der Waals surface area contributed by atoms with Crippen LogP contribution in [0.25, 0.3) is 55.0 Å². The van der Waals surface area contributed by atoms with Crippen molar-refractivity contribution in [1.29, 1.82) is 0 Å². The zero-order valence-electron chi connectivity index (χ0n) is 31.9. The fourth-order valence-corrected chi connectivity index (χ4v) is 8.49. The summed E-state index contributed by atoms with van der Waals surface area (Å²) in [7, 11) is 0. The first-order valence-corrected chi connectivity index (χ1v) is 19.5. The summed E-state index contributed by atoms with van der Waals surface area (Å²) in [6.45, 7) is 4.40. The summed E-state index contributed by atoms with van der Waals surface area (Å²) in [6, 6.07) is 73.6. The van der Waals surface area contributed by atoms with Gasteiger partial charge in [-0.3, -0.25) is 0 Å². The van der Waals surface area contributed by atoms with Crippen molar-refractivity contribution in [3.05, 3.63) is 217 Å². The molecule has 272 valence electrons. The summed E-state index contributed by atoms with van der Waals surface area (Å²) in [5, 5.41) is 4.32. The van der Waals surface area contributed by atoms with Crippen LogP contribution in [0, 0.1) is 13.8 Å². The minimum Gasteiger partial charge on any atom is -0.454 e. The third kappa shape index (κ3) is 5.84. The molecule has 0 unspecified atom stereocenters. The van der Waals surface area contributed by atoms with E-state index in [4.69, 9.17) is 4.42 Å². The highest BCUT2D eigenvalue weighted by Gasteiger charge is 2.31. The molecule has 0 spiro atoms. The lowest BCUT2D eigenvalue weighted by atomic mass is 9.95. The minimum atomic E-state index is 0.826. The molecule has 0 aliphatic heterocycles. The van der Waals surface area contributed by atoms with E-state index in [2.05, 4.69) is 230 Å². The molecule has 1 heterocycles. The lowest BCUT2D eigenvalue weighted by Gasteiger charge is -2.34. The van der Waals surface area contributed by atoms with Gasteiger partial charge in [0.1, 0.15) is 5.58 Å². The Morgan fingerprint density at radius 3 is 1.25 bits per heavy atom. The van der Waals surface area contributed by atoms with Crippen molar-refractivity contribution in [3.8, 4) is 22.3 Å². The number of nitrogens with zero attached hydrogens (tertiary/aromatic N) is 2. The standard InChI is InChI=1S/C54H40N2O/c1-37-21-9-16-32-46(37)55(48-34-18-13-27-41(48)39-23-5-3-6-24-39)52-43-29-11-12-30-44(43)53(54-51(52)45-31-15-20-36-50(45)57-54)56(47-33-17-10-22-38(47)2)49-35-19-14-28-42(49)40-25-7-4-8-26-40/h3-36H,1-2H3. The fraction of sp³-hybridized carbons (Fsp3) is 0.0370. The van der Waals surface area contributed by atoms with Crippen molar-refractivity contribution < 1.29 is 4.42 Å². The molecule has 0 bridgehead atoms. The van der Waals surface area contributed by atoms with Crippen molar-refractivity contribution in [2.75, 3.05) is 9.80 Å². The van der Waals surface area contributed by atoms with Gasteiger partial charge in [-0.1, -0.05) is 176 Å². The maximum absolute atomic E-state index is 7.24. The van der Waals surface area contributed by atoms with Crippen LogP contribution in [0.2, 0.25) is 0 Å². The van der Waals surface area contributed by atoms with Gasteiger partial charge < -0.3 is 14.2 Å². The number of fused-ring (bicyclic) bond motifs is 4. The first kappa shape index (κ1) is 34.2. The Morgan fingerprint density at radius 2 is 0.719 bits per heavy atom. The van der Waals surface area contributed by atoms with Crippen LogP contribution >= 0.6 is 0 Å². The van der Waals surface area contributed by atoms with E-state index in [0.29, 0.717) is 0 Å². The Morgan fingerprint density at radius 1 is 0.333 bits per heavy atom. The van der Waals surface area contributed by atoms with E-state index < -0.39 is 0 Å². The number of furan rings is 1. The quantitative estimate of drug-likeness (QED) is 0.145. The van der Waals surface area contributed by atoms with E-state index in [-0.39, 0.29) is 0 Å². The van der Waals surface area contributed by atoms with Crippen LogP contribution in [0.5, 0.6) is 0 Å². The van der Waals surface area contributed by atoms with Gasteiger partial charge in [0.15, 0.2) is 5.58 Å². The van der Waals surface area contributed by atoms with Crippen LogP contribution < -0.4 is 9.80 Å². The Balaban J connectivity index is 1.39. The van der Waals surface area contributed by atoms with E-state index in [9.17, 15) is 0 Å². The molecule has 3 nitrogen and oxygen atoms in total. The van der Waals surface area contributed by atoms with Gasteiger partial charge in [0.25, 0.3) is 0 Å². The van der Waals surface area contributed by atoms with Crippen molar-refractivity contribution in [2.24, 2.45) is 0 Å². The summed E-state index contributed by atoms with van der Waals surface area (Å²) < 4.78 is 7.24. The van der Waals surface area contributed by atoms with Crippen molar-refractivity contribution in [3.63, 3.8) is 0 Å². The molecule has 0 amide bonds. The maximum Gasteiger partial charge on any atom is 0.162 e. The second-order valence-electron chi connectivity index (χ2n) is 14.6. The monoisotopic (exact) mass is 732 g/mol. The molecule has 0 atom stereocenters. The van der Waals surface area contributed by atoms with Gasteiger partial charge in [-0.25, -0.2) is 0 Å². The Bertz CT molecular complexity index is 3060. The summed E-state index contributed by atoms with van der Waals surface area (Å²) in [5.74, 6) is 0. The maximum atomic E-state index is 7.24. The Hall–Kier alpha value is -7.36. The predicted octanol–water partition coefficient (Wildman–Crippen LogP) is 15.6. The number of anilines is 6. The summed E-state index contributed by atoms with van der Waals surface area (Å²) >= 11 is 0. The van der Waals surface area contributed by atoms with Crippen LogP contribution in [0.1, 0.15) is 11.1 Å². The molecule has 10 aromatic rings. The third-order valence-electron chi connectivity index (χ3n) is 11.1. The summed E-state index contributed by atoms with van der Waals surface area (Å²) in [5.41, 5.74) is 15.0. The number of hydrogen-bond donors (Lipinski definition) is 0. The highest BCUT2D eigenvalue weighted by molar-refractivity contribution is 6.28. The molecule has 0 saturated heterocycles. The minimum absolute atomic E-state index is 0.826. The van der Waals surface area contributed by atoms with Crippen molar-refractivity contribution in [2.45, 2.75) is 13.8 Å². The van der Waals surface area contributed by atoms with Crippen LogP contribution in [-0.4, -0.2) is 0 Å². The first-order chi connectivity index (χ1) is 28.2. The Kier molecular flexibility index (Phi) is 8.61. The summed E-state index contributed by atoms with van der Waals surface area (Å²) in [4.78, 5) is 4.91. The van der Waals surface area contributed by atoms with Crippen molar-refractivity contribution >= 4 is 66.8 Å². The molecule has 1 aromatic heterocycles. The topological polar surface area (TPSA) is 19.6 Å². The SMILES string of the molecule is Cc1ccccc1N(c1ccccc1-c1ccccc1)c1c2ccccc2c(N(c2ccccc2C)c2ccccc2-c2ccccc2)c2c1oc1ccccc12. The molecule has 57 heavy (non-hydrogen) atoms. The predicted molar refractivity (Wildman–Crippen MR) is 241 cm³/mol. The molecule has 10 rings (SSSR count). The Labute approximate surface area is 333 Å². The molecular weight excluding hydrogens is 693 g/mol. The lowest BCUT2D eigenvalue weighted by Crippen LogP contribution is -2.16. The van der Waals surface area contributed by atoms with Gasteiger partial charge in [0, 0.05) is 38.7 Å². The summed E-state index contributed by atoms with van der Waals surface area (Å²) in [6.07, 6.45) is 0. The van der Waals surface area contributed by atoms with Gasteiger partial charge in [-0.15, -0.1) is 0 Å². The van der Waals surface area contributed by atoms with Crippen LogP contribution in [0.3, 0.4) is 0 Å². The number of hydrogen-bond acceptors (Lipinski definition) is 3. The molecule has 0 aliphatic carbocycles. The number of rotatable bonds is 8. The molecule has 3 heteroatoms. The van der Waals surface area contributed by atoms with Gasteiger partial charge in [0.2, 0.25) is 0 Å². The second kappa shape index (κ2) is 14.4. The van der Waals surface area contributed by atoms with Crippen molar-refractivity contribution in [1.82, 2.24) is 0 Å². The molecular formula is C54H40N2O. The molecule has 0 fully saturated rings. The zero-order chi connectivity index (χ0) is 38.3. The van der Waals surface area contributed by atoms with E-state index in [0.717, 1.165) is 94.7 Å². The van der Waals surface area contributed by atoms with Gasteiger partial charge in [-0.2, -0.15) is 0 Å². The average Bonchev–Trinajstić information content (AvgIpc) is 3.66. The van der Waals surface area contributed by atoms with Crippen LogP contribution in [0.15, 0.2) is 211 Å². The zero-order valence-corrected chi connectivity index (χ0v) is 31.9. The highest BCUT2D eigenvalue weighted by atomic mass is 16.3. The molecule has 0 aliphatic rings. The molecule has 0 radical (unpaired) electrons. The normalized spacial score (nSPS) is 11.3. The van der Waals surface area contributed by atoms with Gasteiger partial charge in [0.05, 0.1) is 28.1 Å². The largest absolute Gasteiger partial charge is 0.454 e. The molecule has 9 aromatic carbocycles. The van der Waals surface area contributed by atoms with E-state index in [1.54, 1.807) is 0 Å². The number of aryl methyl sites for hydroxylation is 2. The smallest absolute Gasteiger partial charge is 0.162 e. The first-order valence-electron chi connectivity index (χ1n) is 19.5. The fourth-order valence-electron chi connectivity index (χ4n) is 8.49. The lowest BCUT2D eigenvalue weighted by molar-refractivity contribution is 0.669. The van der Waals surface area contributed by atoms with Crippen LogP contribution in [-0.2, 0) is 0 Å². The van der Waals surface area contributed by atoms with E-state index in [1.165, 1.54) is 5.56 Å². The number of para-hydroxylation sites is 5. The molecule has 0 saturated carbocycles. The van der Waals surface area contributed by atoms with E-state index >= 15 is 0 Å². The van der Waals surface area contributed by atoms with Gasteiger partial charge >= 0.3 is 0 Å². The third-order valence-corrected chi connectivity index (χ3v) is 11.1. The second-order valence-corrected chi connectivity index (χ2v) is 14.6. The van der Waals surface area contributed by atoms with Gasteiger partial charge in [-0.05, 0) is 66.4 Å². The highest BCUT2D eigenvalue weighted by Crippen LogP contribution is 2.55. The van der Waals surface area contributed by atoms with Crippen LogP contribution in [0.4, 0.5) is 34.1 Å².